The summed E-state index contributed by atoms with van der Waals surface area (Å²) in [5.41, 5.74) is 1.82. The molecule has 1 aromatic heterocycles. The Morgan fingerprint density at radius 3 is 2.25 bits per heavy atom. The molecule has 0 spiro atoms. The molecule has 0 saturated heterocycles. The second kappa shape index (κ2) is 3.43. The minimum Gasteiger partial charge on any atom is -0.303 e. The van der Waals surface area contributed by atoms with Crippen LogP contribution in [0.5, 0.6) is 0 Å². The standard InChI is InChI=1S/C9H12N2O/c1-6(5-12)9-10-7(2)4-8(3)11-9/h4-6H,1-3H3. The third-order valence-electron chi connectivity index (χ3n) is 1.61. The lowest BCUT2D eigenvalue weighted by Gasteiger charge is -2.03. The van der Waals surface area contributed by atoms with Crippen molar-refractivity contribution in [3.8, 4) is 0 Å². The average Bonchev–Trinajstić information content (AvgIpc) is 2.01. The summed E-state index contributed by atoms with van der Waals surface area (Å²) in [4.78, 5) is 18.8. The second-order valence-corrected chi connectivity index (χ2v) is 2.93. The van der Waals surface area contributed by atoms with Gasteiger partial charge in [-0.1, -0.05) is 0 Å². The minimum atomic E-state index is -0.205. The number of aldehydes is 1. The second-order valence-electron chi connectivity index (χ2n) is 2.93. The van der Waals surface area contributed by atoms with Crippen molar-refractivity contribution >= 4 is 6.29 Å². The first-order chi connectivity index (χ1) is 5.63. The van der Waals surface area contributed by atoms with E-state index in [0.29, 0.717) is 5.82 Å². The number of aryl methyl sites for hydroxylation is 2. The molecule has 1 rings (SSSR count). The molecule has 0 aromatic carbocycles. The van der Waals surface area contributed by atoms with Gasteiger partial charge in [0.15, 0.2) is 0 Å². The van der Waals surface area contributed by atoms with Crippen LogP contribution in [-0.2, 0) is 4.79 Å². The first kappa shape index (κ1) is 8.84. The smallest absolute Gasteiger partial charge is 0.138 e. The van der Waals surface area contributed by atoms with E-state index in [-0.39, 0.29) is 5.92 Å². The van der Waals surface area contributed by atoms with Gasteiger partial charge in [-0.25, -0.2) is 9.97 Å². The van der Waals surface area contributed by atoms with Gasteiger partial charge in [0.1, 0.15) is 12.1 Å². The Kier molecular flexibility index (Phi) is 2.53. The summed E-state index contributed by atoms with van der Waals surface area (Å²) in [6.07, 6.45) is 0.855. The van der Waals surface area contributed by atoms with Crippen LogP contribution in [0.25, 0.3) is 0 Å². The van der Waals surface area contributed by atoms with Gasteiger partial charge in [-0.3, -0.25) is 0 Å². The molecule has 0 aliphatic rings. The molecule has 0 bridgehead atoms. The molecule has 64 valence electrons. The van der Waals surface area contributed by atoms with E-state index >= 15 is 0 Å². The van der Waals surface area contributed by atoms with E-state index in [0.717, 1.165) is 17.7 Å². The molecule has 0 saturated carbocycles. The molecule has 3 nitrogen and oxygen atoms in total. The van der Waals surface area contributed by atoms with Crippen LogP contribution < -0.4 is 0 Å². The van der Waals surface area contributed by atoms with Gasteiger partial charge in [-0.15, -0.1) is 0 Å². The number of aromatic nitrogens is 2. The Morgan fingerprint density at radius 2 is 1.83 bits per heavy atom. The largest absolute Gasteiger partial charge is 0.303 e. The summed E-state index contributed by atoms with van der Waals surface area (Å²) >= 11 is 0. The van der Waals surface area contributed by atoms with Crippen molar-refractivity contribution < 1.29 is 4.79 Å². The van der Waals surface area contributed by atoms with Crippen LogP contribution in [0.1, 0.15) is 30.1 Å². The van der Waals surface area contributed by atoms with Crippen molar-refractivity contribution in [3.05, 3.63) is 23.3 Å². The van der Waals surface area contributed by atoms with Crippen molar-refractivity contribution in [1.82, 2.24) is 9.97 Å². The predicted molar refractivity (Wildman–Crippen MR) is 46.0 cm³/mol. The molecule has 1 unspecified atom stereocenters. The molecule has 0 aliphatic heterocycles. The SMILES string of the molecule is Cc1cc(C)nc(C(C)C=O)n1. The van der Waals surface area contributed by atoms with Gasteiger partial charge in [0.05, 0.1) is 5.92 Å². The molecule has 3 heteroatoms. The summed E-state index contributed by atoms with van der Waals surface area (Å²) in [6.45, 7) is 5.59. The topological polar surface area (TPSA) is 42.9 Å². The Labute approximate surface area is 71.9 Å². The molecular formula is C9H12N2O. The number of hydrogen-bond donors (Lipinski definition) is 0. The summed E-state index contributed by atoms with van der Waals surface area (Å²) < 4.78 is 0. The number of hydrogen-bond acceptors (Lipinski definition) is 3. The van der Waals surface area contributed by atoms with Gasteiger partial charge in [0, 0.05) is 11.4 Å². The van der Waals surface area contributed by atoms with Crippen molar-refractivity contribution in [1.29, 1.82) is 0 Å². The van der Waals surface area contributed by atoms with Gasteiger partial charge in [0.2, 0.25) is 0 Å². The van der Waals surface area contributed by atoms with Crippen molar-refractivity contribution in [2.45, 2.75) is 26.7 Å². The number of carbonyl (C=O) groups excluding carboxylic acids is 1. The lowest BCUT2D eigenvalue weighted by molar-refractivity contribution is -0.108. The van der Waals surface area contributed by atoms with Gasteiger partial charge in [-0.05, 0) is 26.8 Å². The van der Waals surface area contributed by atoms with Crippen LogP contribution >= 0.6 is 0 Å². The van der Waals surface area contributed by atoms with E-state index in [4.69, 9.17) is 0 Å². The number of carbonyl (C=O) groups is 1. The first-order valence-electron chi connectivity index (χ1n) is 3.91. The van der Waals surface area contributed by atoms with Crippen LogP contribution in [-0.4, -0.2) is 16.3 Å². The zero-order valence-corrected chi connectivity index (χ0v) is 7.53. The molecule has 1 aromatic rings. The van der Waals surface area contributed by atoms with Crippen molar-refractivity contribution in [2.24, 2.45) is 0 Å². The van der Waals surface area contributed by atoms with Gasteiger partial charge in [-0.2, -0.15) is 0 Å². The quantitative estimate of drug-likeness (QED) is 0.620. The molecule has 0 fully saturated rings. The normalized spacial score (nSPS) is 12.6. The summed E-state index contributed by atoms with van der Waals surface area (Å²) in [5, 5.41) is 0. The number of nitrogens with zero attached hydrogens (tertiary/aromatic N) is 2. The maximum absolute atomic E-state index is 10.4. The Bertz CT molecular complexity index is 276. The van der Waals surface area contributed by atoms with E-state index in [2.05, 4.69) is 9.97 Å². The summed E-state index contributed by atoms with van der Waals surface area (Å²) in [5.74, 6) is 0.408. The van der Waals surface area contributed by atoms with E-state index < -0.39 is 0 Å². The highest BCUT2D eigenvalue weighted by Gasteiger charge is 2.07. The Balaban J connectivity index is 3.08. The molecule has 1 atom stereocenters. The van der Waals surface area contributed by atoms with Gasteiger partial charge < -0.3 is 4.79 Å². The van der Waals surface area contributed by atoms with E-state index in [1.54, 1.807) is 6.92 Å². The molecule has 0 N–H and O–H groups in total. The van der Waals surface area contributed by atoms with Crippen LogP contribution in [0.4, 0.5) is 0 Å². The zero-order chi connectivity index (χ0) is 9.14. The molecule has 0 aliphatic carbocycles. The summed E-state index contributed by atoms with van der Waals surface area (Å²) in [6, 6.07) is 1.89. The van der Waals surface area contributed by atoms with E-state index in [1.165, 1.54) is 0 Å². The summed E-state index contributed by atoms with van der Waals surface area (Å²) in [7, 11) is 0. The maximum atomic E-state index is 10.4. The highest BCUT2D eigenvalue weighted by atomic mass is 16.1. The van der Waals surface area contributed by atoms with E-state index in [1.807, 2.05) is 19.9 Å². The third-order valence-corrected chi connectivity index (χ3v) is 1.61. The van der Waals surface area contributed by atoms with Crippen LogP contribution in [0.2, 0.25) is 0 Å². The minimum absolute atomic E-state index is 0.205. The predicted octanol–water partition coefficient (Wildman–Crippen LogP) is 1.40. The number of rotatable bonds is 2. The monoisotopic (exact) mass is 164 g/mol. The lowest BCUT2D eigenvalue weighted by Crippen LogP contribution is -2.04. The average molecular weight is 164 g/mol. The molecule has 0 radical (unpaired) electrons. The molecular weight excluding hydrogens is 152 g/mol. The fraction of sp³-hybridized carbons (Fsp3) is 0.444. The third kappa shape index (κ3) is 1.87. The maximum Gasteiger partial charge on any atom is 0.138 e. The Morgan fingerprint density at radius 1 is 1.33 bits per heavy atom. The highest BCUT2D eigenvalue weighted by Crippen LogP contribution is 2.08. The van der Waals surface area contributed by atoms with Crippen molar-refractivity contribution in [2.75, 3.05) is 0 Å². The fourth-order valence-corrected chi connectivity index (χ4v) is 1.02. The molecule has 12 heavy (non-hydrogen) atoms. The first-order valence-corrected chi connectivity index (χ1v) is 3.91. The Hall–Kier alpha value is -1.25. The van der Waals surface area contributed by atoms with Crippen LogP contribution in [0.15, 0.2) is 6.07 Å². The van der Waals surface area contributed by atoms with Crippen LogP contribution in [0.3, 0.4) is 0 Å². The van der Waals surface area contributed by atoms with Crippen LogP contribution in [0, 0.1) is 13.8 Å². The van der Waals surface area contributed by atoms with Crippen molar-refractivity contribution in [3.63, 3.8) is 0 Å². The highest BCUT2D eigenvalue weighted by molar-refractivity contribution is 5.59. The van der Waals surface area contributed by atoms with Gasteiger partial charge in [0.25, 0.3) is 0 Å². The zero-order valence-electron chi connectivity index (χ0n) is 7.53. The molecule has 1 heterocycles. The van der Waals surface area contributed by atoms with Gasteiger partial charge >= 0.3 is 0 Å². The fourth-order valence-electron chi connectivity index (χ4n) is 1.02. The lowest BCUT2D eigenvalue weighted by atomic mass is 10.2. The molecule has 0 amide bonds. The van der Waals surface area contributed by atoms with E-state index in [9.17, 15) is 4.79 Å².